The molecule has 0 aromatic rings. The Morgan fingerprint density at radius 2 is 0.810 bits per heavy atom. The molecule has 2 saturated carbocycles. The van der Waals surface area contributed by atoms with Crippen LogP contribution in [0.5, 0.6) is 0 Å². The molecule has 2 rings (SSSR count). The van der Waals surface area contributed by atoms with E-state index >= 15 is 0 Å². The van der Waals surface area contributed by atoms with Gasteiger partial charge in [0.15, 0.2) is 0 Å². The van der Waals surface area contributed by atoms with Gasteiger partial charge < -0.3 is 76.9 Å². The number of quaternary nitrogens is 2. The Hall–Kier alpha value is 1.93. The first-order valence-corrected chi connectivity index (χ1v) is 6.78. The van der Waals surface area contributed by atoms with Crippen LogP contribution in [0.15, 0.2) is 0 Å². The summed E-state index contributed by atoms with van der Waals surface area (Å²) >= 11 is 0. The van der Waals surface area contributed by atoms with E-state index in [4.69, 9.17) is 11.5 Å². The molecule has 134 valence electrons. The third-order valence-corrected chi connectivity index (χ3v) is 3.94. The van der Waals surface area contributed by atoms with Crippen LogP contribution in [0.1, 0.15) is 51.4 Å². The minimum Gasteiger partial charge on any atom is -2.00 e. The average molecular weight is 455 g/mol. The molecule has 2 aliphatic rings. The second kappa shape index (κ2) is 20.0. The SMILES string of the molecule is N[C@@H]1CCCC[C@H]1[NH3+].N[C@@H]1CCCC[C@H]1[NH3+].[Mo].[S-2].[S-2].[S-2].[S-2]. The van der Waals surface area contributed by atoms with Crippen molar-refractivity contribution < 1.29 is 32.5 Å². The molecule has 0 heterocycles. The summed E-state index contributed by atoms with van der Waals surface area (Å²) in [5, 5.41) is 0. The molecule has 0 radical (unpaired) electrons. The summed E-state index contributed by atoms with van der Waals surface area (Å²) in [7, 11) is 0. The molecule has 0 saturated heterocycles. The predicted octanol–water partition coefficient (Wildman–Crippen LogP) is -1.02. The largest absolute Gasteiger partial charge is 2.00 e. The number of nitrogens with two attached hydrogens (primary N) is 2. The number of hydrogen-bond acceptors (Lipinski definition) is 2. The molecular formula is C12H30MoN4S4-6. The van der Waals surface area contributed by atoms with Gasteiger partial charge >= 0.3 is 0 Å². The monoisotopic (exact) mass is 456 g/mol. The molecule has 0 aromatic carbocycles. The van der Waals surface area contributed by atoms with Crippen LogP contribution < -0.4 is 22.9 Å². The fourth-order valence-corrected chi connectivity index (χ4v) is 2.47. The second-order valence-corrected chi connectivity index (χ2v) is 5.42. The quantitative estimate of drug-likeness (QED) is 0.352. The predicted molar refractivity (Wildman–Crippen MR) is 95.7 cm³/mol. The Bertz CT molecular complexity index is 166. The third-order valence-electron chi connectivity index (χ3n) is 3.94. The van der Waals surface area contributed by atoms with E-state index in [9.17, 15) is 0 Å². The van der Waals surface area contributed by atoms with Gasteiger partial charge in [-0.1, -0.05) is 12.8 Å². The number of hydrogen-bond donors (Lipinski definition) is 4. The van der Waals surface area contributed by atoms with Gasteiger partial charge in [0, 0.05) is 33.9 Å². The van der Waals surface area contributed by atoms with E-state index < -0.39 is 0 Å². The van der Waals surface area contributed by atoms with Crippen molar-refractivity contribution in [3.63, 3.8) is 0 Å². The second-order valence-electron chi connectivity index (χ2n) is 5.42. The maximum atomic E-state index is 5.72. The normalized spacial score (nSPS) is 30.3. The van der Waals surface area contributed by atoms with Crippen LogP contribution in [0.25, 0.3) is 0 Å². The van der Waals surface area contributed by atoms with Crippen LogP contribution in [0, 0.1) is 0 Å². The van der Waals surface area contributed by atoms with Crippen LogP contribution >= 0.6 is 0 Å². The Kier molecular flexibility index (Phi) is 32.6. The summed E-state index contributed by atoms with van der Waals surface area (Å²) < 4.78 is 0. The molecule has 4 atom stereocenters. The van der Waals surface area contributed by atoms with Crippen LogP contribution in [0.4, 0.5) is 0 Å². The average Bonchev–Trinajstić information content (AvgIpc) is 2.28. The molecule has 0 amide bonds. The van der Waals surface area contributed by atoms with Gasteiger partial charge in [0.2, 0.25) is 0 Å². The van der Waals surface area contributed by atoms with E-state index in [1.807, 2.05) is 0 Å². The molecule has 0 unspecified atom stereocenters. The molecule has 0 aliphatic heterocycles. The standard InChI is InChI=1S/2C6H14N2.Mo.4S/c2*7-5-3-1-2-4-6(5)8;;;;;/h2*5-6H,1-4,7-8H2;;;;;/q;;;4*-2/p+2/t2*5-,6-;;;;;/m11...../s1. The molecule has 10 N–H and O–H groups in total. The van der Waals surface area contributed by atoms with Crippen LogP contribution in [0.3, 0.4) is 0 Å². The maximum Gasteiger partial charge on any atom is 0.0996 e. The molecule has 2 fully saturated rings. The van der Waals surface area contributed by atoms with Gasteiger partial charge in [-0.25, -0.2) is 0 Å². The number of rotatable bonds is 0. The van der Waals surface area contributed by atoms with E-state index in [1.165, 1.54) is 51.4 Å². The molecule has 21 heavy (non-hydrogen) atoms. The molecule has 4 nitrogen and oxygen atoms in total. The van der Waals surface area contributed by atoms with E-state index in [2.05, 4.69) is 11.5 Å². The maximum absolute atomic E-state index is 5.72. The van der Waals surface area contributed by atoms with Gasteiger partial charge in [-0.3, -0.25) is 0 Å². The summed E-state index contributed by atoms with van der Waals surface area (Å²) in [5.74, 6) is 0. The van der Waals surface area contributed by atoms with Gasteiger partial charge in [-0.15, -0.1) is 0 Å². The van der Waals surface area contributed by atoms with Gasteiger partial charge in [-0.05, 0) is 25.7 Å². The first-order valence-electron chi connectivity index (χ1n) is 6.78. The smallest absolute Gasteiger partial charge is 0.0996 e. The summed E-state index contributed by atoms with van der Waals surface area (Å²) in [6, 6.07) is 1.85. The first-order chi connectivity index (χ1) is 7.61. The van der Waals surface area contributed by atoms with E-state index in [0.717, 1.165) is 0 Å². The van der Waals surface area contributed by atoms with Crippen molar-refractivity contribution in [2.45, 2.75) is 75.5 Å². The topological polar surface area (TPSA) is 107 Å². The van der Waals surface area contributed by atoms with E-state index in [-0.39, 0.29) is 75.0 Å². The van der Waals surface area contributed by atoms with Crippen molar-refractivity contribution in [3.05, 3.63) is 0 Å². The fourth-order valence-electron chi connectivity index (χ4n) is 2.47. The van der Waals surface area contributed by atoms with Crippen LogP contribution in [-0.4, -0.2) is 24.2 Å². The van der Waals surface area contributed by atoms with Crippen LogP contribution in [0.2, 0.25) is 0 Å². The summed E-state index contributed by atoms with van der Waals surface area (Å²) in [4.78, 5) is 0. The van der Waals surface area contributed by atoms with Crippen LogP contribution in [-0.2, 0) is 75.0 Å². The molecule has 0 spiro atoms. The van der Waals surface area contributed by atoms with Crippen molar-refractivity contribution in [1.29, 1.82) is 0 Å². The Morgan fingerprint density at radius 1 is 0.571 bits per heavy atom. The third kappa shape index (κ3) is 15.2. The summed E-state index contributed by atoms with van der Waals surface area (Å²) in [5.41, 5.74) is 19.3. The van der Waals surface area contributed by atoms with Crippen molar-refractivity contribution >= 4 is 54.0 Å². The van der Waals surface area contributed by atoms with E-state index in [0.29, 0.717) is 24.2 Å². The fraction of sp³-hybridized carbons (Fsp3) is 1.00. The van der Waals surface area contributed by atoms with E-state index in [1.54, 1.807) is 0 Å². The van der Waals surface area contributed by atoms with Gasteiger partial charge in [0.05, 0.1) is 24.2 Å². The Morgan fingerprint density at radius 3 is 0.952 bits per heavy atom. The molecule has 2 aliphatic carbocycles. The van der Waals surface area contributed by atoms with Crippen molar-refractivity contribution in [2.75, 3.05) is 0 Å². The minimum absolute atomic E-state index is 0. The van der Waals surface area contributed by atoms with Gasteiger partial charge in [0.25, 0.3) is 0 Å². The Balaban J connectivity index is -0.0000000656. The summed E-state index contributed by atoms with van der Waals surface area (Å²) in [6.45, 7) is 0. The zero-order chi connectivity index (χ0) is 12.0. The molecule has 0 bridgehead atoms. The van der Waals surface area contributed by atoms with Gasteiger partial charge in [0.1, 0.15) is 0 Å². The van der Waals surface area contributed by atoms with Crippen molar-refractivity contribution in [1.82, 2.24) is 0 Å². The van der Waals surface area contributed by atoms with Crippen molar-refractivity contribution in [3.8, 4) is 0 Å². The first kappa shape index (κ1) is 34.3. The minimum atomic E-state index is 0. The van der Waals surface area contributed by atoms with Crippen molar-refractivity contribution in [2.24, 2.45) is 11.5 Å². The molecule has 0 aromatic heterocycles. The summed E-state index contributed by atoms with van der Waals surface area (Å²) in [6.07, 6.45) is 10.1. The zero-order valence-corrected chi connectivity index (χ0v) is 17.8. The molecule has 9 heteroatoms. The molecular weight excluding hydrogens is 424 g/mol. The van der Waals surface area contributed by atoms with Gasteiger partial charge in [-0.2, -0.15) is 0 Å². The zero-order valence-electron chi connectivity index (χ0n) is 12.6. The Labute approximate surface area is 172 Å².